The second-order valence-corrected chi connectivity index (χ2v) is 6.11. The zero-order valence-corrected chi connectivity index (χ0v) is 14.6. The SMILES string of the molecule is O=CNCCN(CC(O)C(O)C(O)CCO)CC(O)C(O)C(O)CCO. The third-order valence-electron chi connectivity index (χ3n) is 3.97. The van der Waals surface area contributed by atoms with Crippen molar-refractivity contribution in [2.24, 2.45) is 0 Å². The van der Waals surface area contributed by atoms with Gasteiger partial charge in [-0.15, -0.1) is 0 Å². The molecule has 0 aliphatic heterocycles. The van der Waals surface area contributed by atoms with E-state index in [-0.39, 0.29) is 52.2 Å². The van der Waals surface area contributed by atoms with Crippen LogP contribution in [0.1, 0.15) is 12.8 Å². The molecule has 6 atom stereocenters. The van der Waals surface area contributed by atoms with Gasteiger partial charge in [0.25, 0.3) is 0 Å². The molecule has 1 amide bonds. The zero-order valence-electron chi connectivity index (χ0n) is 14.6. The van der Waals surface area contributed by atoms with Crippen LogP contribution in [0, 0.1) is 0 Å². The highest BCUT2D eigenvalue weighted by atomic mass is 16.4. The lowest BCUT2D eigenvalue weighted by Gasteiger charge is -2.32. The van der Waals surface area contributed by atoms with Gasteiger partial charge >= 0.3 is 0 Å². The highest BCUT2D eigenvalue weighted by Crippen LogP contribution is 2.09. The second kappa shape index (κ2) is 14.2. The van der Waals surface area contributed by atoms with Gasteiger partial charge < -0.3 is 46.2 Å². The van der Waals surface area contributed by atoms with Gasteiger partial charge in [-0.3, -0.25) is 9.69 Å². The van der Waals surface area contributed by atoms with Crippen molar-refractivity contribution >= 4 is 6.41 Å². The molecule has 11 nitrogen and oxygen atoms in total. The summed E-state index contributed by atoms with van der Waals surface area (Å²) in [7, 11) is 0. The van der Waals surface area contributed by atoms with Gasteiger partial charge in [0.1, 0.15) is 12.2 Å². The quantitative estimate of drug-likeness (QED) is 0.0918. The summed E-state index contributed by atoms with van der Waals surface area (Å²) in [5.74, 6) is 0. The molecule has 0 aromatic heterocycles. The molecule has 0 bridgehead atoms. The topological polar surface area (TPSA) is 194 Å². The molecule has 26 heavy (non-hydrogen) atoms. The fraction of sp³-hybridized carbons (Fsp3) is 0.933. The fourth-order valence-corrected chi connectivity index (χ4v) is 2.40. The van der Waals surface area contributed by atoms with Crippen LogP contribution in [0.15, 0.2) is 0 Å². The first kappa shape index (κ1) is 25.1. The number of aliphatic hydroxyl groups excluding tert-OH is 8. The van der Waals surface area contributed by atoms with Crippen molar-refractivity contribution in [2.75, 3.05) is 39.4 Å². The van der Waals surface area contributed by atoms with Crippen molar-refractivity contribution in [3.63, 3.8) is 0 Å². The van der Waals surface area contributed by atoms with E-state index in [0.29, 0.717) is 6.41 Å². The molecule has 9 N–H and O–H groups in total. The van der Waals surface area contributed by atoms with Crippen LogP contribution in [0.4, 0.5) is 0 Å². The Kier molecular flexibility index (Phi) is 13.7. The second-order valence-electron chi connectivity index (χ2n) is 6.11. The Morgan fingerprint density at radius 2 is 1.19 bits per heavy atom. The number of aliphatic hydroxyl groups is 8. The van der Waals surface area contributed by atoms with Crippen molar-refractivity contribution in [2.45, 2.75) is 49.5 Å². The smallest absolute Gasteiger partial charge is 0.207 e. The maximum atomic E-state index is 10.3. The molecular formula is C15H32N2O9. The van der Waals surface area contributed by atoms with E-state index >= 15 is 0 Å². The standard InChI is InChI=1S/C15H32N2O9/c18-5-1-10(21)14(25)12(23)7-17(4-3-16-9-20)8-13(24)15(26)11(22)2-6-19/h9-15,18-19,21-26H,1-8H2,(H,16,20). The van der Waals surface area contributed by atoms with Gasteiger partial charge in [-0.05, 0) is 12.8 Å². The Morgan fingerprint density at radius 1 is 0.769 bits per heavy atom. The minimum Gasteiger partial charge on any atom is -0.396 e. The molecule has 0 saturated carbocycles. The molecule has 0 aliphatic rings. The first-order chi connectivity index (χ1) is 12.3. The summed E-state index contributed by atoms with van der Waals surface area (Å²) in [6.07, 6.45) is -8.38. The number of hydrogen-bond acceptors (Lipinski definition) is 10. The van der Waals surface area contributed by atoms with Crippen LogP contribution in [0.2, 0.25) is 0 Å². The Bertz CT molecular complexity index is 338. The van der Waals surface area contributed by atoms with Crippen molar-refractivity contribution in [1.29, 1.82) is 0 Å². The predicted molar refractivity (Wildman–Crippen MR) is 90.0 cm³/mol. The van der Waals surface area contributed by atoms with Crippen molar-refractivity contribution < 1.29 is 45.6 Å². The molecule has 156 valence electrons. The van der Waals surface area contributed by atoms with E-state index in [1.807, 2.05) is 0 Å². The van der Waals surface area contributed by atoms with Crippen LogP contribution in [-0.2, 0) is 4.79 Å². The summed E-state index contributed by atoms with van der Waals surface area (Å²) < 4.78 is 0. The molecule has 11 heteroatoms. The molecule has 0 aromatic rings. The van der Waals surface area contributed by atoms with Gasteiger partial charge in [0, 0.05) is 39.4 Å². The van der Waals surface area contributed by atoms with E-state index in [0.717, 1.165) is 0 Å². The summed E-state index contributed by atoms with van der Waals surface area (Å²) in [6, 6.07) is 0. The molecule has 0 aromatic carbocycles. The third kappa shape index (κ3) is 9.71. The molecule has 0 fully saturated rings. The number of carbonyl (C=O) groups is 1. The van der Waals surface area contributed by atoms with E-state index in [4.69, 9.17) is 10.2 Å². The monoisotopic (exact) mass is 384 g/mol. The van der Waals surface area contributed by atoms with Crippen LogP contribution in [0.5, 0.6) is 0 Å². The van der Waals surface area contributed by atoms with E-state index in [1.165, 1.54) is 4.90 Å². The van der Waals surface area contributed by atoms with Gasteiger partial charge in [-0.25, -0.2) is 0 Å². The summed E-state index contributed by atoms with van der Waals surface area (Å²) in [5.41, 5.74) is 0. The van der Waals surface area contributed by atoms with Crippen LogP contribution >= 0.6 is 0 Å². The number of rotatable bonds is 16. The average Bonchev–Trinajstić information content (AvgIpc) is 2.60. The molecule has 0 aliphatic carbocycles. The lowest BCUT2D eigenvalue weighted by Crippen LogP contribution is -2.51. The Hall–Kier alpha value is -0.890. The first-order valence-corrected chi connectivity index (χ1v) is 8.47. The van der Waals surface area contributed by atoms with E-state index < -0.39 is 36.6 Å². The highest BCUT2D eigenvalue weighted by Gasteiger charge is 2.29. The Balaban J connectivity index is 4.79. The summed E-state index contributed by atoms with van der Waals surface area (Å²) in [4.78, 5) is 11.8. The third-order valence-corrected chi connectivity index (χ3v) is 3.97. The lowest BCUT2D eigenvalue weighted by molar-refractivity contribution is -0.109. The summed E-state index contributed by atoms with van der Waals surface area (Å²) in [5, 5.41) is 78.9. The number of nitrogens with one attached hydrogen (secondary N) is 1. The van der Waals surface area contributed by atoms with Gasteiger partial charge in [-0.2, -0.15) is 0 Å². The van der Waals surface area contributed by atoms with Crippen LogP contribution in [0.3, 0.4) is 0 Å². The number of carbonyl (C=O) groups excluding carboxylic acids is 1. The van der Waals surface area contributed by atoms with Crippen LogP contribution in [-0.4, -0.2) is 128 Å². The first-order valence-electron chi connectivity index (χ1n) is 8.47. The molecule has 0 spiro atoms. The van der Waals surface area contributed by atoms with Crippen molar-refractivity contribution in [3.8, 4) is 0 Å². The van der Waals surface area contributed by atoms with E-state index in [2.05, 4.69) is 5.32 Å². The van der Waals surface area contributed by atoms with E-state index in [1.54, 1.807) is 0 Å². The number of hydrogen-bond donors (Lipinski definition) is 9. The molecule has 0 radical (unpaired) electrons. The van der Waals surface area contributed by atoms with Crippen molar-refractivity contribution in [3.05, 3.63) is 0 Å². The largest absolute Gasteiger partial charge is 0.396 e. The van der Waals surface area contributed by atoms with Crippen LogP contribution < -0.4 is 5.32 Å². The Morgan fingerprint density at radius 3 is 1.54 bits per heavy atom. The minimum absolute atomic E-state index is 0.125. The summed E-state index contributed by atoms with van der Waals surface area (Å²) in [6.45, 7) is -0.836. The molecule has 0 saturated heterocycles. The van der Waals surface area contributed by atoms with Gasteiger partial charge in [-0.1, -0.05) is 0 Å². The normalized spacial score (nSPS) is 18.8. The molecular weight excluding hydrogens is 352 g/mol. The molecule has 0 rings (SSSR count). The highest BCUT2D eigenvalue weighted by molar-refractivity contribution is 5.45. The maximum absolute atomic E-state index is 10.3. The Labute approximate surface area is 152 Å². The number of nitrogens with zero attached hydrogens (tertiary/aromatic N) is 1. The minimum atomic E-state index is -1.54. The van der Waals surface area contributed by atoms with Gasteiger partial charge in [0.05, 0.1) is 24.4 Å². The van der Waals surface area contributed by atoms with E-state index in [9.17, 15) is 35.4 Å². The fourth-order valence-electron chi connectivity index (χ4n) is 2.40. The number of amides is 1. The van der Waals surface area contributed by atoms with Crippen LogP contribution in [0.25, 0.3) is 0 Å². The zero-order chi connectivity index (χ0) is 20.1. The van der Waals surface area contributed by atoms with Crippen molar-refractivity contribution in [1.82, 2.24) is 10.2 Å². The molecule has 0 heterocycles. The molecule has 6 unspecified atom stereocenters. The average molecular weight is 384 g/mol. The lowest BCUT2D eigenvalue weighted by atomic mass is 10.0. The predicted octanol–water partition coefficient (Wildman–Crippen LogP) is -5.04. The maximum Gasteiger partial charge on any atom is 0.207 e. The van der Waals surface area contributed by atoms with Gasteiger partial charge in [0.2, 0.25) is 6.41 Å². The summed E-state index contributed by atoms with van der Waals surface area (Å²) >= 11 is 0. The van der Waals surface area contributed by atoms with Gasteiger partial charge in [0.15, 0.2) is 0 Å².